The van der Waals surface area contributed by atoms with Gasteiger partial charge in [0.1, 0.15) is 17.4 Å². The first-order valence-electron chi connectivity index (χ1n) is 8.74. The maximum Gasteiger partial charge on any atom is 0.291 e. The van der Waals surface area contributed by atoms with Crippen LogP contribution in [0, 0.1) is 11.6 Å². The van der Waals surface area contributed by atoms with Crippen molar-refractivity contribution in [1.29, 1.82) is 0 Å². The summed E-state index contributed by atoms with van der Waals surface area (Å²) in [5, 5.41) is 5.19. The predicted molar refractivity (Wildman–Crippen MR) is 102 cm³/mol. The fourth-order valence-corrected chi connectivity index (χ4v) is 2.62. The molecule has 1 unspecified atom stereocenters. The van der Waals surface area contributed by atoms with Crippen molar-refractivity contribution < 1.29 is 27.5 Å². The molecule has 0 spiro atoms. The Balaban J connectivity index is 1.55. The number of halogens is 2. The lowest BCUT2D eigenvalue weighted by Crippen LogP contribution is -2.31. The molecule has 0 saturated heterocycles. The van der Waals surface area contributed by atoms with E-state index in [0.717, 1.165) is 18.2 Å². The Kier molecular flexibility index (Phi) is 6.23. The molecule has 150 valence electrons. The van der Waals surface area contributed by atoms with Crippen LogP contribution in [0.2, 0.25) is 0 Å². The van der Waals surface area contributed by atoms with Crippen molar-refractivity contribution in [3.63, 3.8) is 0 Å². The van der Waals surface area contributed by atoms with E-state index in [1.807, 2.05) is 0 Å². The van der Waals surface area contributed by atoms with Gasteiger partial charge in [0.25, 0.3) is 11.8 Å². The number of amides is 2. The second-order valence-corrected chi connectivity index (χ2v) is 6.20. The molecule has 0 aliphatic carbocycles. The summed E-state index contributed by atoms with van der Waals surface area (Å²) < 4.78 is 37.5. The van der Waals surface area contributed by atoms with E-state index in [4.69, 9.17) is 9.15 Å². The molecular weight excluding hydrogens is 382 g/mol. The van der Waals surface area contributed by atoms with Gasteiger partial charge in [-0.2, -0.15) is 0 Å². The molecule has 3 aromatic rings. The van der Waals surface area contributed by atoms with Crippen molar-refractivity contribution in [1.82, 2.24) is 5.32 Å². The molecule has 2 amide bonds. The van der Waals surface area contributed by atoms with Crippen LogP contribution >= 0.6 is 0 Å². The third kappa shape index (κ3) is 5.41. The van der Waals surface area contributed by atoms with Gasteiger partial charge in [-0.15, -0.1) is 0 Å². The predicted octanol–water partition coefficient (Wildman–Crippen LogP) is 4.07. The van der Waals surface area contributed by atoms with Crippen LogP contribution in [-0.2, 0) is 4.79 Å². The molecule has 2 aromatic carbocycles. The highest BCUT2D eigenvalue weighted by Crippen LogP contribution is 2.20. The molecule has 29 heavy (non-hydrogen) atoms. The number of carbonyl (C=O) groups is 2. The summed E-state index contributed by atoms with van der Waals surface area (Å²) >= 11 is 0. The Morgan fingerprint density at radius 2 is 1.93 bits per heavy atom. The molecule has 2 N–H and O–H groups in total. The zero-order valence-electron chi connectivity index (χ0n) is 15.4. The minimum atomic E-state index is -0.735. The second-order valence-electron chi connectivity index (χ2n) is 6.20. The number of hydrogen-bond donors (Lipinski definition) is 2. The van der Waals surface area contributed by atoms with Gasteiger partial charge in [-0.1, -0.05) is 6.07 Å². The third-order valence-electron chi connectivity index (χ3n) is 4.01. The molecular formula is C21H18F2N2O4. The van der Waals surface area contributed by atoms with E-state index in [-0.39, 0.29) is 17.9 Å². The van der Waals surface area contributed by atoms with Gasteiger partial charge in [0.05, 0.1) is 12.3 Å². The van der Waals surface area contributed by atoms with Crippen molar-refractivity contribution in [2.45, 2.75) is 13.0 Å². The molecule has 1 atom stereocenters. The summed E-state index contributed by atoms with van der Waals surface area (Å²) in [6.45, 7) is 1.21. The number of anilines is 1. The molecule has 0 fully saturated rings. The van der Waals surface area contributed by atoms with E-state index in [9.17, 15) is 18.4 Å². The van der Waals surface area contributed by atoms with Gasteiger partial charge < -0.3 is 19.8 Å². The lowest BCUT2D eigenvalue weighted by Gasteiger charge is -2.15. The smallest absolute Gasteiger partial charge is 0.291 e. The summed E-state index contributed by atoms with van der Waals surface area (Å²) in [5.41, 5.74) is 0.500. The van der Waals surface area contributed by atoms with Gasteiger partial charge >= 0.3 is 0 Å². The van der Waals surface area contributed by atoms with Crippen LogP contribution in [-0.4, -0.2) is 18.4 Å². The Morgan fingerprint density at radius 3 is 2.69 bits per heavy atom. The van der Waals surface area contributed by atoms with Crippen LogP contribution < -0.4 is 15.4 Å². The van der Waals surface area contributed by atoms with E-state index < -0.39 is 29.5 Å². The van der Waals surface area contributed by atoms with Gasteiger partial charge in [0, 0.05) is 17.3 Å². The summed E-state index contributed by atoms with van der Waals surface area (Å²) in [5.74, 6) is -1.62. The number of hydrogen-bond acceptors (Lipinski definition) is 4. The molecule has 0 aliphatic rings. The first kappa shape index (κ1) is 20.1. The highest BCUT2D eigenvalue weighted by atomic mass is 19.1. The van der Waals surface area contributed by atoms with Crippen molar-refractivity contribution in [2.75, 3.05) is 11.9 Å². The van der Waals surface area contributed by atoms with Crippen molar-refractivity contribution in [3.05, 3.63) is 83.8 Å². The Labute approximate surface area is 165 Å². The SMILES string of the molecule is CC(NC(=O)COc1cccc(NC(=O)c2ccco2)c1)c1cc(F)ccc1F. The molecule has 0 bridgehead atoms. The van der Waals surface area contributed by atoms with Crippen LogP contribution in [0.15, 0.2) is 65.3 Å². The molecule has 1 aromatic heterocycles. The number of furan rings is 1. The molecule has 1 heterocycles. The Bertz CT molecular complexity index is 1010. The maximum atomic E-state index is 13.8. The molecule has 6 nitrogen and oxygen atoms in total. The average molecular weight is 400 g/mol. The number of carbonyl (C=O) groups excluding carboxylic acids is 2. The fourth-order valence-electron chi connectivity index (χ4n) is 2.62. The van der Waals surface area contributed by atoms with E-state index >= 15 is 0 Å². The topological polar surface area (TPSA) is 80.6 Å². The van der Waals surface area contributed by atoms with Crippen molar-refractivity contribution in [3.8, 4) is 5.75 Å². The molecule has 0 saturated carbocycles. The van der Waals surface area contributed by atoms with Gasteiger partial charge in [-0.05, 0) is 49.4 Å². The standard InChI is InChI=1S/C21H18F2N2O4/c1-13(17-10-14(22)7-8-18(17)23)24-20(26)12-29-16-5-2-4-15(11-16)25-21(27)19-6-3-9-28-19/h2-11,13H,12H2,1H3,(H,24,26)(H,25,27). The van der Waals surface area contributed by atoms with E-state index in [0.29, 0.717) is 11.4 Å². The van der Waals surface area contributed by atoms with Crippen LogP contribution in [0.5, 0.6) is 5.75 Å². The second kappa shape index (κ2) is 9.01. The molecule has 8 heteroatoms. The number of rotatable bonds is 7. The van der Waals surface area contributed by atoms with Crippen LogP contribution in [0.4, 0.5) is 14.5 Å². The first-order valence-corrected chi connectivity index (χ1v) is 8.74. The Morgan fingerprint density at radius 1 is 1.10 bits per heavy atom. The molecule has 0 aliphatic heterocycles. The van der Waals surface area contributed by atoms with Crippen LogP contribution in [0.3, 0.4) is 0 Å². The van der Waals surface area contributed by atoms with Gasteiger partial charge in [-0.3, -0.25) is 9.59 Å². The summed E-state index contributed by atoms with van der Waals surface area (Å²) in [6.07, 6.45) is 1.39. The third-order valence-corrected chi connectivity index (χ3v) is 4.01. The number of benzene rings is 2. The van der Waals surface area contributed by atoms with Crippen LogP contribution in [0.25, 0.3) is 0 Å². The monoisotopic (exact) mass is 400 g/mol. The minimum absolute atomic E-state index is 0.0426. The van der Waals surface area contributed by atoms with Crippen molar-refractivity contribution >= 4 is 17.5 Å². The van der Waals surface area contributed by atoms with E-state index in [2.05, 4.69) is 10.6 Å². The average Bonchev–Trinajstić information content (AvgIpc) is 3.23. The lowest BCUT2D eigenvalue weighted by atomic mass is 10.1. The van der Waals surface area contributed by atoms with Gasteiger partial charge in [-0.25, -0.2) is 8.78 Å². The summed E-state index contributed by atoms with van der Waals surface area (Å²) in [6, 6.07) is 11.9. The van der Waals surface area contributed by atoms with Gasteiger partial charge in [0.2, 0.25) is 0 Å². The fraction of sp³-hybridized carbons (Fsp3) is 0.143. The molecule has 3 rings (SSSR count). The minimum Gasteiger partial charge on any atom is -0.484 e. The largest absolute Gasteiger partial charge is 0.484 e. The van der Waals surface area contributed by atoms with Crippen molar-refractivity contribution in [2.24, 2.45) is 0 Å². The quantitative estimate of drug-likeness (QED) is 0.627. The van der Waals surface area contributed by atoms with Gasteiger partial charge in [0.15, 0.2) is 12.4 Å². The highest BCUT2D eigenvalue weighted by Gasteiger charge is 2.15. The summed E-state index contributed by atoms with van der Waals surface area (Å²) in [4.78, 5) is 24.1. The zero-order valence-corrected chi connectivity index (χ0v) is 15.4. The molecule has 0 radical (unpaired) electrons. The maximum absolute atomic E-state index is 13.8. The van der Waals surface area contributed by atoms with E-state index in [1.165, 1.54) is 12.3 Å². The normalized spacial score (nSPS) is 11.6. The summed E-state index contributed by atoms with van der Waals surface area (Å²) in [7, 11) is 0. The van der Waals surface area contributed by atoms with E-state index in [1.54, 1.807) is 37.3 Å². The Hall–Kier alpha value is -3.68. The lowest BCUT2D eigenvalue weighted by molar-refractivity contribution is -0.123. The van der Waals surface area contributed by atoms with Crippen LogP contribution in [0.1, 0.15) is 29.1 Å². The number of ether oxygens (including phenoxy) is 1. The first-order chi connectivity index (χ1) is 13.9. The number of nitrogens with one attached hydrogen (secondary N) is 2. The zero-order chi connectivity index (χ0) is 20.8. The highest BCUT2D eigenvalue weighted by molar-refractivity contribution is 6.02.